The first-order valence-electron chi connectivity index (χ1n) is 7.79. The highest BCUT2D eigenvalue weighted by molar-refractivity contribution is 9.10. The van der Waals surface area contributed by atoms with Crippen LogP contribution in [0.5, 0.6) is 0 Å². The summed E-state index contributed by atoms with van der Waals surface area (Å²) < 4.78 is 1.14. The fourth-order valence-corrected chi connectivity index (χ4v) is 3.09. The molecule has 2 heteroatoms. The van der Waals surface area contributed by atoms with Crippen molar-refractivity contribution in [2.75, 3.05) is 5.73 Å². The maximum atomic E-state index is 5.36. The molecule has 0 heterocycles. The van der Waals surface area contributed by atoms with Gasteiger partial charge in [-0.2, -0.15) is 0 Å². The van der Waals surface area contributed by atoms with Crippen molar-refractivity contribution in [2.24, 2.45) is 0 Å². The van der Waals surface area contributed by atoms with Crippen LogP contribution in [0.3, 0.4) is 0 Å². The van der Waals surface area contributed by atoms with Gasteiger partial charge in [-0.3, -0.25) is 0 Å². The lowest BCUT2D eigenvalue weighted by Gasteiger charge is -2.08. The first kappa shape index (κ1) is 16.3. The molecule has 24 heavy (non-hydrogen) atoms. The first-order chi connectivity index (χ1) is 11.8. The molecule has 118 valence electrons. The van der Waals surface area contributed by atoms with Gasteiger partial charge in [-0.1, -0.05) is 94.8 Å². The molecule has 0 aliphatic carbocycles. The highest BCUT2D eigenvalue weighted by Gasteiger charge is 2.05. The summed E-state index contributed by atoms with van der Waals surface area (Å²) in [7, 11) is 0. The van der Waals surface area contributed by atoms with Crippen LogP contribution in [0.15, 0.2) is 102 Å². The molecule has 0 fully saturated rings. The van der Waals surface area contributed by atoms with E-state index in [0.717, 1.165) is 10.2 Å². The Hall–Kier alpha value is -2.58. The number of rotatable bonds is 1. The lowest BCUT2D eigenvalue weighted by molar-refractivity contribution is 1.61. The zero-order valence-electron chi connectivity index (χ0n) is 13.2. The minimum atomic E-state index is 0.822. The highest BCUT2D eigenvalue weighted by Crippen LogP contribution is 2.33. The van der Waals surface area contributed by atoms with E-state index in [1.54, 1.807) is 0 Å². The van der Waals surface area contributed by atoms with Crippen LogP contribution in [0.25, 0.3) is 21.9 Å². The fourth-order valence-electron chi connectivity index (χ4n) is 2.59. The van der Waals surface area contributed by atoms with E-state index < -0.39 is 0 Å². The molecular formula is C22H18BrN. The number of nitrogen functional groups attached to an aromatic ring is 1. The Morgan fingerprint density at radius 1 is 0.542 bits per heavy atom. The molecule has 0 aliphatic rings. The van der Waals surface area contributed by atoms with E-state index in [4.69, 9.17) is 5.73 Å². The van der Waals surface area contributed by atoms with Crippen molar-refractivity contribution in [3.05, 3.63) is 102 Å². The van der Waals surface area contributed by atoms with Gasteiger partial charge in [0, 0.05) is 10.2 Å². The number of nitrogens with two attached hydrogens (primary N) is 1. The Labute approximate surface area is 150 Å². The average molecular weight is 376 g/mol. The van der Waals surface area contributed by atoms with E-state index in [-0.39, 0.29) is 0 Å². The third-order valence-electron chi connectivity index (χ3n) is 3.75. The van der Waals surface area contributed by atoms with Gasteiger partial charge >= 0.3 is 0 Å². The highest BCUT2D eigenvalue weighted by atomic mass is 79.9. The summed E-state index contributed by atoms with van der Waals surface area (Å²) in [6.07, 6.45) is 0. The van der Waals surface area contributed by atoms with Crippen molar-refractivity contribution in [1.82, 2.24) is 0 Å². The topological polar surface area (TPSA) is 26.0 Å². The second-order valence-corrected chi connectivity index (χ2v) is 6.27. The molecule has 1 nitrogen and oxygen atoms in total. The predicted molar refractivity (Wildman–Crippen MR) is 108 cm³/mol. The maximum absolute atomic E-state index is 5.36. The number of anilines is 1. The number of para-hydroxylation sites is 1. The summed E-state index contributed by atoms with van der Waals surface area (Å²) in [4.78, 5) is 0. The van der Waals surface area contributed by atoms with Gasteiger partial charge in [-0.05, 0) is 40.1 Å². The minimum absolute atomic E-state index is 0.822. The Morgan fingerprint density at radius 3 is 1.83 bits per heavy atom. The van der Waals surface area contributed by atoms with Gasteiger partial charge < -0.3 is 5.73 Å². The molecule has 0 spiro atoms. The van der Waals surface area contributed by atoms with Gasteiger partial charge in [0.1, 0.15) is 0 Å². The summed E-state index contributed by atoms with van der Waals surface area (Å²) in [6.45, 7) is 0. The third-order valence-corrected chi connectivity index (χ3v) is 4.44. The van der Waals surface area contributed by atoms with E-state index in [1.165, 1.54) is 21.9 Å². The standard InChI is InChI=1S/C16H11Br.C6H7N/c17-16-11-4-3-9-15(16)14-10-5-7-12-6-1-2-8-13(12)14;7-6-4-2-1-3-5-6/h1-11H;1-5H,7H2. The van der Waals surface area contributed by atoms with Gasteiger partial charge in [0.25, 0.3) is 0 Å². The monoisotopic (exact) mass is 375 g/mol. The van der Waals surface area contributed by atoms with E-state index in [1.807, 2.05) is 36.4 Å². The van der Waals surface area contributed by atoms with Crippen molar-refractivity contribution in [3.63, 3.8) is 0 Å². The number of hydrogen-bond acceptors (Lipinski definition) is 1. The summed E-state index contributed by atoms with van der Waals surface area (Å²) >= 11 is 3.62. The number of hydrogen-bond donors (Lipinski definition) is 1. The van der Waals surface area contributed by atoms with Gasteiger partial charge in [0.2, 0.25) is 0 Å². The van der Waals surface area contributed by atoms with Crippen LogP contribution < -0.4 is 5.73 Å². The molecule has 0 aliphatic heterocycles. The molecule has 2 N–H and O–H groups in total. The van der Waals surface area contributed by atoms with E-state index in [0.29, 0.717) is 0 Å². The van der Waals surface area contributed by atoms with Gasteiger partial charge in [0.05, 0.1) is 0 Å². The third kappa shape index (κ3) is 3.84. The zero-order chi connectivity index (χ0) is 16.8. The van der Waals surface area contributed by atoms with Crippen LogP contribution in [-0.2, 0) is 0 Å². The van der Waals surface area contributed by atoms with Crippen molar-refractivity contribution in [2.45, 2.75) is 0 Å². The Bertz CT molecular complexity index is 927. The van der Waals surface area contributed by atoms with Gasteiger partial charge in [-0.25, -0.2) is 0 Å². The molecule has 0 unspecified atom stereocenters. The normalized spacial score (nSPS) is 10.0. The lowest BCUT2D eigenvalue weighted by Crippen LogP contribution is -1.82. The van der Waals surface area contributed by atoms with Gasteiger partial charge in [-0.15, -0.1) is 0 Å². The minimum Gasteiger partial charge on any atom is -0.399 e. The van der Waals surface area contributed by atoms with Crippen LogP contribution in [0, 0.1) is 0 Å². The maximum Gasteiger partial charge on any atom is 0.0313 e. The molecule has 0 amide bonds. The second-order valence-electron chi connectivity index (χ2n) is 5.42. The molecule has 0 atom stereocenters. The summed E-state index contributed by atoms with van der Waals surface area (Å²) in [6, 6.07) is 32.7. The van der Waals surface area contributed by atoms with Crippen molar-refractivity contribution in [3.8, 4) is 11.1 Å². The molecule has 0 saturated carbocycles. The molecule has 0 radical (unpaired) electrons. The number of benzene rings is 4. The number of fused-ring (bicyclic) bond motifs is 1. The number of halogens is 1. The van der Waals surface area contributed by atoms with Crippen LogP contribution in [0.1, 0.15) is 0 Å². The Kier molecular flexibility index (Phi) is 5.29. The van der Waals surface area contributed by atoms with Crippen molar-refractivity contribution >= 4 is 32.4 Å². The first-order valence-corrected chi connectivity index (χ1v) is 8.58. The molecule has 4 aromatic rings. The Balaban J connectivity index is 0.000000203. The summed E-state index contributed by atoms with van der Waals surface area (Å²) in [5.41, 5.74) is 8.69. The predicted octanol–water partition coefficient (Wildman–Crippen LogP) is 6.54. The quantitative estimate of drug-likeness (QED) is 0.375. The summed E-state index contributed by atoms with van der Waals surface area (Å²) in [5.74, 6) is 0. The smallest absolute Gasteiger partial charge is 0.0313 e. The average Bonchev–Trinajstić information content (AvgIpc) is 2.63. The van der Waals surface area contributed by atoms with Crippen molar-refractivity contribution < 1.29 is 0 Å². The van der Waals surface area contributed by atoms with Gasteiger partial charge in [0.15, 0.2) is 0 Å². The van der Waals surface area contributed by atoms with Crippen LogP contribution in [-0.4, -0.2) is 0 Å². The van der Waals surface area contributed by atoms with E-state index >= 15 is 0 Å². The van der Waals surface area contributed by atoms with E-state index in [2.05, 4.69) is 76.6 Å². The Morgan fingerprint density at radius 2 is 1.12 bits per heavy atom. The van der Waals surface area contributed by atoms with E-state index in [9.17, 15) is 0 Å². The molecule has 4 aromatic carbocycles. The second kappa shape index (κ2) is 7.80. The molecule has 4 rings (SSSR count). The zero-order valence-corrected chi connectivity index (χ0v) is 14.8. The fraction of sp³-hybridized carbons (Fsp3) is 0. The largest absolute Gasteiger partial charge is 0.399 e. The van der Waals surface area contributed by atoms with Crippen LogP contribution >= 0.6 is 15.9 Å². The molecular weight excluding hydrogens is 358 g/mol. The van der Waals surface area contributed by atoms with Crippen LogP contribution in [0.2, 0.25) is 0 Å². The molecule has 0 bridgehead atoms. The molecule has 0 saturated heterocycles. The van der Waals surface area contributed by atoms with Crippen molar-refractivity contribution in [1.29, 1.82) is 0 Å². The lowest BCUT2D eigenvalue weighted by atomic mass is 9.98. The van der Waals surface area contributed by atoms with Crippen LogP contribution in [0.4, 0.5) is 5.69 Å². The molecule has 0 aromatic heterocycles. The SMILES string of the molecule is Brc1ccccc1-c1cccc2ccccc12.Nc1ccccc1. The summed E-state index contributed by atoms with van der Waals surface area (Å²) in [5, 5.41) is 2.57.